The van der Waals surface area contributed by atoms with Crippen LogP contribution < -0.4 is 4.74 Å². The third kappa shape index (κ3) is 2.85. The summed E-state index contributed by atoms with van der Waals surface area (Å²) in [6, 6.07) is 5.75. The van der Waals surface area contributed by atoms with Crippen molar-refractivity contribution in [2.45, 2.75) is 6.92 Å². The van der Waals surface area contributed by atoms with Crippen molar-refractivity contribution in [3.8, 4) is 11.6 Å². The Morgan fingerprint density at radius 3 is 2.53 bits per heavy atom. The largest absolute Gasteiger partial charge is 0.478 e. The van der Waals surface area contributed by atoms with Gasteiger partial charge in [0.25, 0.3) is 0 Å². The number of hydrogen-bond donors (Lipinski definition) is 1. The Balaban J connectivity index is 2.26. The van der Waals surface area contributed by atoms with Crippen LogP contribution in [0.25, 0.3) is 0 Å². The Morgan fingerprint density at radius 2 is 1.95 bits per heavy atom. The van der Waals surface area contributed by atoms with Gasteiger partial charge in [0.1, 0.15) is 5.75 Å². The lowest BCUT2D eigenvalue weighted by Crippen LogP contribution is -2.02. The second-order valence-corrected chi connectivity index (χ2v) is 3.77. The lowest BCUT2D eigenvalue weighted by atomic mass is 10.2. The Morgan fingerprint density at radius 1 is 1.21 bits per heavy atom. The zero-order valence-corrected chi connectivity index (χ0v) is 9.85. The molecule has 0 atom stereocenters. The molecule has 1 aromatic heterocycles. The van der Waals surface area contributed by atoms with E-state index in [0.29, 0.717) is 0 Å². The SMILES string of the molecule is Cc1nc(Oc2ccc(F)c(F)c2)ccc1C(=O)O. The molecule has 1 N–H and O–H groups in total. The first-order valence-electron chi connectivity index (χ1n) is 5.31. The molecule has 0 radical (unpaired) electrons. The van der Waals surface area contributed by atoms with Gasteiger partial charge in [0.05, 0.1) is 11.3 Å². The molecule has 1 aromatic carbocycles. The molecule has 2 aromatic rings. The van der Waals surface area contributed by atoms with Crippen LogP contribution in [-0.2, 0) is 0 Å². The van der Waals surface area contributed by atoms with Crippen LogP contribution in [0.15, 0.2) is 30.3 Å². The van der Waals surface area contributed by atoms with Crippen LogP contribution in [0.1, 0.15) is 16.1 Å². The zero-order valence-electron chi connectivity index (χ0n) is 9.85. The van der Waals surface area contributed by atoms with E-state index in [4.69, 9.17) is 9.84 Å². The molecule has 0 spiro atoms. The van der Waals surface area contributed by atoms with E-state index in [-0.39, 0.29) is 22.9 Å². The van der Waals surface area contributed by atoms with Crippen LogP contribution in [0.4, 0.5) is 8.78 Å². The van der Waals surface area contributed by atoms with Crippen LogP contribution in [-0.4, -0.2) is 16.1 Å². The number of nitrogens with zero attached hydrogens (tertiary/aromatic N) is 1. The number of halogens is 2. The molecular formula is C13H9F2NO3. The number of aryl methyl sites for hydroxylation is 1. The van der Waals surface area contributed by atoms with Crippen LogP contribution in [0.5, 0.6) is 11.6 Å². The third-order valence-corrected chi connectivity index (χ3v) is 2.40. The van der Waals surface area contributed by atoms with E-state index in [1.807, 2.05) is 0 Å². The minimum Gasteiger partial charge on any atom is -0.478 e. The summed E-state index contributed by atoms with van der Waals surface area (Å²) in [4.78, 5) is 14.7. The van der Waals surface area contributed by atoms with Gasteiger partial charge in [-0.15, -0.1) is 0 Å². The van der Waals surface area contributed by atoms with Gasteiger partial charge in [0.2, 0.25) is 5.88 Å². The van der Waals surface area contributed by atoms with Gasteiger partial charge in [-0.05, 0) is 25.1 Å². The number of hydrogen-bond acceptors (Lipinski definition) is 3. The first-order chi connectivity index (χ1) is 8.97. The van der Waals surface area contributed by atoms with Crippen LogP contribution in [0.3, 0.4) is 0 Å². The topological polar surface area (TPSA) is 59.4 Å². The summed E-state index contributed by atoms with van der Waals surface area (Å²) in [5.74, 6) is -2.92. The van der Waals surface area contributed by atoms with Gasteiger partial charge in [-0.2, -0.15) is 0 Å². The smallest absolute Gasteiger partial charge is 0.337 e. The molecule has 0 aliphatic rings. The molecule has 0 saturated heterocycles. The zero-order chi connectivity index (χ0) is 14.0. The van der Waals surface area contributed by atoms with Crippen molar-refractivity contribution in [2.24, 2.45) is 0 Å². The quantitative estimate of drug-likeness (QED) is 0.926. The molecule has 4 nitrogen and oxygen atoms in total. The van der Waals surface area contributed by atoms with E-state index in [1.54, 1.807) is 0 Å². The van der Waals surface area contributed by atoms with Crippen molar-refractivity contribution in [2.75, 3.05) is 0 Å². The number of pyridine rings is 1. The lowest BCUT2D eigenvalue weighted by molar-refractivity contribution is 0.0695. The third-order valence-electron chi connectivity index (χ3n) is 2.40. The molecular weight excluding hydrogens is 256 g/mol. The molecule has 0 aliphatic heterocycles. The molecule has 0 fully saturated rings. The minimum atomic E-state index is -1.09. The summed E-state index contributed by atoms with van der Waals surface area (Å²) in [7, 11) is 0. The highest BCUT2D eigenvalue weighted by Crippen LogP contribution is 2.22. The van der Waals surface area contributed by atoms with Gasteiger partial charge in [0.15, 0.2) is 11.6 Å². The Hall–Kier alpha value is -2.50. The van der Waals surface area contributed by atoms with Crippen molar-refractivity contribution in [1.29, 1.82) is 0 Å². The second-order valence-electron chi connectivity index (χ2n) is 3.77. The molecule has 6 heteroatoms. The van der Waals surface area contributed by atoms with Gasteiger partial charge in [-0.25, -0.2) is 18.6 Å². The highest BCUT2D eigenvalue weighted by atomic mass is 19.2. The standard InChI is InChI=1S/C13H9F2NO3/c1-7-9(13(17)18)3-5-12(16-7)19-8-2-4-10(14)11(15)6-8/h2-6H,1H3,(H,17,18). The van der Waals surface area contributed by atoms with Gasteiger partial charge in [-0.1, -0.05) is 0 Å². The second kappa shape index (κ2) is 5.01. The molecule has 0 aliphatic carbocycles. The molecule has 0 bridgehead atoms. The van der Waals surface area contributed by atoms with Crippen LogP contribution >= 0.6 is 0 Å². The summed E-state index contributed by atoms with van der Waals surface area (Å²) in [5.41, 5.74) is 0.324. The van der Waals surface area contributed by atoms with Gasteiger partial charge in [0, 0.05) is 12.1 Å². The number of carboxylic acids is 1. The molecule has 1 heterocycles. The van der Waals surface area contributed by atoms with Crippen LogP contribution in [0, 0.1) is 18.6 Å². The lowest BCUT2D eigenvalue weighted by Gasteiger charge is -2.07. The summed E-state index contributed by atoms with van der Waals surface area (Å²) in [6.45, 7) is 1.52. The van der Waals surface area contributed by atoms with Crippen molar-refractivity contribution < 1.29 is 23.4 Å². The predicted molar refractivity (Wildman–Crippen MR) is 62.4 cm³/mol. The fraction of sp³-hybridized carbons (Fsp3) is 0.0769. The normalized spacial score (nSPS) is 10.3. The minimum absolute atomic E-state index is 0.0534. The fourth-order valence-electron chi connectivity index (χ4n) is 1.48. The van der Waals surface area contributed by atoms with E-state index in [9.17, 15) is 13.6 Å². The molecule has 0 unspecified atom stereocenters. The number of carbonyl (C=O) groups is 1. The highest BCUT2D eigenvalue weighted by molar-refractivity contribution is 5.88. The monoisotopic (exact) mass is 265 g/mol. The first kappa shape index (κ1) is 12.9. The maximum atomic E-state index is 13.0. The summed E-state index contributed by atoms with van der Waals surface area (Å²) in [6.07, 6.45) is 0. The molecule has 2 rings (SSSR count). The van der Waals surface area contributed by atoms with Crippen molar-refractivity contribution >= 4 is 5.97 Å². The first-order valence-corrected chi connectivity index (χ1v) is 5.31. The maximum absolute atomic E-state index is 13.0. The van der Waals surface area contributed by atoms with Crippen molar-refractivity contribution in [3.05, 3.63) is 53.2 Å². The van der Waals surface area contributed by atoms with Crippen molar-refractivity contribution in [1.82, 2.24) is 4.98 Å². The number of rotatable bonds is 3. The summed E-state index contributed by atoms with van der Waals surface area (Å²) >= 11 is 0. The van der Waals surface area contributed by atoms with Gasteiger partial charge in [-0.3, -0.25) is 0 Å². The Labute approximate surface area is 107 Å². The van der Waals surface area contributed by atoms with E-state index < -0.39 is 17.6 Å². The average molecular weight is 265 g/mol. The number of carboxylic acid groups (broad SMARTS) is 1. The van der Waals surface area contributed by atoms with E-state index in [1.165, 1.54) is 25.1 Å². The highest BCUT2D eigenvalue weighted by Gasteiger charge is 2.10. The molecule has 0 saturated carbocycles. The van der Waals surface area contributed by atoms with E-state index in [0.717, 1.165) is 12.1 Å². The molecule has 0 amide bonds. The molecule has 19 heavy (non-hydrogen) atoms. The van der Waals surface area contributed by atoms with Crippen molar-refractivity contribution in [3.63, 3.8) is 0 Å². The fourth-order valence-corrected chi connectivity index (χ4v) is 1.48. The average Bonchev–Trinajstić information content (AvgIpc) is 2.33. The summed E-state index contributed by atoms with van der Waals surface area (Å²) < 4.78 is 30.9. The van der Waals surface area contributed by atoms with E-state index in [2.05, 4.69) is 4.98 Å². The Bertz CT molecular complexity index is 644. The number of benzene rings is 1. The predicted octanol–water partition coefficient (Wildman–Crippen LogP) is 3.16. The summed E-state index contributed by atoms with van der Waals surface area (Å²) in [5, 5.41) is 8.84. The number of ether oxygens (including phenoxy) is 1. The van der Waals surface area contributed by atoms with Crippen LogP contribution in [0.2, 0.25) is 0 Å². The maximum Gasteiger partial charge on any atom is 0.337 e. The van der Waals surface area contributed by atoms with E-state index >= 15 is 0 Å². The van der Waals surface area contributed by atoms with Gasteiger partial charge < -0.3 is 9.84 Å². The molecule has 98 valence electrons. The number of aromatic carboxylic acids is 1. The Kier molecular flexibility index (Phi) is 3.41. The van der Waals surface area contributed by atoms with Gasteiger partial charge >= 0.3 is 5.97 Å². The number of aromatic nitrogens is 1.